The Morgan fingerprint density at radius 1 is 1.12 bits per heavy atom. The van der Waals surface area contributed by atoms with E-state index in [0.29, 0.717) is 12.8 Å². The zero-order valence-corrected chi connectivity index (χ0v) is 19.3. The molecule has 2 fully saturated rings. The maximum atomic E-state index is 14.9. The maximum absolute atomic E-state index is 14.9. The van der Waals surface area contributed by atoms with E-state index >= 15 is 0 Å². The van der Waals surface area contributed by atoms with Crippen LogP contribution in [0, 0.1) is 11.6 Å². The summed E-state index contributed by atoms with van der Waals surface area (Å²) in [6.45, 7) is 2.04. The van der Waals surface area contributed by atoms with E-state index in [2.05, 4.69) is 9.71 Å². The molecule has 0 saturated heterocycles. The monoisotopic (exact) mass is 473 g/mol. The first kappa shape index (κ1) is 23.2. The number of rotatable bonds is 9. The van der Waals surface area contributed by atoms with Gasteiger partial charge in [0.05, 0.1) is 25.1 Å². The number of nitrogens with one attached hydrogen (secondary N) is 1. The topological polar surface area (TPSA) is 91.7 Å². The SMILES string of the molecule is C[C@@H](COC1CCC(Oc2nc3c(F)cc(OC4CC4)c(F)c3n2C)CC1)NS(C)(=O)=O. The number of imidazole rings is 1. The number of halogens is 2. The van der Waals surface area contributed by atoms with E-state index in [0.717, 1.165) is 38.0 Å². The number of aromatic nitrogens is 2. The van der Waals surface area contributed by atoms with Crippen LogP contribution in [0.2, 0.25) is 0 Å². The summed E-state index contributed by atoms with van der Waals surface area (Å²) in [7, 11) is -1.67. The van der Waals surface area contributed by atoms with Crippen LogP contribution in [0.5, 0.6) is 11.8 Å². The Kier molecular flexibility index (Phi) is 6.60. The highest BCUT2D eigenvalue weighted by molar-refractivity contribution is 7.88. The molecule has 178 valence electrons. The first-order valence-corrected chi connectivity index (χ1v) is 12.8. The fourth-order valence-corrected chi connectivity index (χ4v) is 4.76. The summed E-state index contributed by atoms with van der Waals surface area (Å²) in [5, 5.41) is 0. The van der Waals surface area contributed by atoms with Crippen molar-refractivity contribution in [2.45, 2.75) is 69.8 Å². The van der Waals surface area contributed by atoms with Gasteiger partial charge in [-0.25, -0.2) is 21.9 Å². The zero-order valence-electron chi connectivity index (χ0n) is 18.4. The lowest BCUT2D eigenvalue weighted by Gasteiger charge is -2.29. The molecule has 4 rings (SSSR count). The second-order valence-corrected chi connectivity index (χ2v) is 10.6. The molecule has 1 heterocycles. The van der Waals surface area contributed by atoms with Crippen LogP contribution in [0.1, 0.15) is 45.4 Å². The fraction of sp³-hybridized carbons (Fsp3) is 0.667. The minimum atomic E-state index is -3.27. The average Bonchev–Trinajstić information content (AvgIpc) is 3.47. The van der Waals surface area contributed by atoms with E-state index in [9.17, 15) is 17.2 Å². The van der Waals surface area contributed by atoms with Crippen molar-refractivity contribution in [3.05, 3.63) is 17.7 Å². The van der Waals surface area contributed by atoms with Gasteiger partial charge in [0.1, 0.15) is 17.1 Å². The molecule has 1 aromatic heterocycles. The van der Waals surface area contributed by atoms with Crippen molar-refractivity contribution in [3.8, 4) is 11.8 Å². The van der Waals surface area contributed by atoms with Crippen molar-refractivity contribution in [1.29, 1.82) is 0 Å². The van der Waals surface area contributed by atoms with Gasteiger partial charge in [0, 0.05) is 19.2 Å². The van der Waals surface area contributed by atoms with Crippen LogP contribution in [0.4, 0.5) is 8.78 Å². The van der Waals surface area contributed by atoms with Crippen LogP contribution >= 0.6 is 0 Å². The average molecular weight is 474 g/mol. The first-order chi connectivity index (χ1) is 15.1. The lowest BCUT2D eigenvalue weighted by Crippen LogP contribution is -2.37. The normalized spacial score (nSPS) is 22.8. The van der Waals surface area contributed by atoms with Crippen molar-refractivity contribution in [1.82, 2.24) is 14.3 Å². The van der Waals surface area contributed by atoms with E-state index in [1.54, 1.807) is 14.0 Å². The number of aryl methyl sites for hydroxylation is 1. The molecule has 0 bridgehead atoms. The van der Waals surface area contributed by atoms with Crippen molar-refractivity contribution < 1.29 is 31.4 Å². The molecule has 0 radical (unpaired) electrons. The number of hydrogen-bond acceptors (Lipinski definition) is 6. The molecule has 0 aliphatic heterocycles. The van der Waals surface area contributed by atoms with Gasteiger partial charge < -0.3 is 14.2 Å². The molecular weight excluding hydrogens is 444 g/mol. The van der Waals surface area contributed by atoms with Gasteiger partial charge in [-0.15, -0.1) is 0 Å². The third kappa shape index (κ3) is 5.49. The molecule has 11 heteroatoms. The molecule has 8 nitrogen and oxygen atoms in total. The Bertz CT molecular complexity index is 1080. The van der Waals surface area contributed by atoms with E-state index in [-0.39, 0.29) is 53.8 Å². The maximum Gasteiger partial charge on any atom is 0.297 e. The van der Waals surface area contributed by atoms with Gasteiger partial charge in [0.25, 0.3) is 6.01 Å². The van der Waals surface area contributed by atoms with E-state index in [4.69, 9.17) is 14.2 Å². The third-order valence-electron chi connectivity index (χ3n) is 5.67. The Balaban J connectivity index is 1.36. The molecule has 2 saturated carbocycles. The first-order valence-electron chi connectivity index (χ1n) is 10.9. The van der Waals surface area contributed by atoms with E-state index < -0.39 is 21.7 Å². The van der Waals surface area contributed by atoms with Gasteiger partial charge in [0.2, 0.25) is 10.0 Å². The smallest absolute Gasteiger partial charge is 0.297 e. The van der Waals surface area contributed by atoms with Crippen LogP contribution in [0.3, 0.4) is 0 Å². The molecule has 2 aromatic rings. The summed E-state index contributed by atoms with van der Waals surface area (Å²) in [4.78, 5) is 4.19. The quantitative estimate of drug-likeness (QED) is 0.602. The highest BCUT2D eigenvalue weighted by Crippen LogP contribution is 2.35. The number of nitrogens with zero attached hydrogens (tertiary/aromatic N) is 2. The van der Waals surface area contributed by atoms with Gasteiger partial charge in [-0.3, -0.25) is 4.57 Å². The lowest BCUT2D eigenvalue weighted by atomic mass is 9.95. The lowest BCUT2D eigenvalue weighted by molar-refractivity contribution is -0.00467. The number of sulfonamides is 1. The van der Waals surface area contributed by atoms with Gasteiger partial charge >= 0.3 is 0 Å². The van der Waals surface area contributed by atoms with Crippen molar-refractivity contribution in [2.24, 2.45) is 7.05 Å². The van der Waals surface area contributed by atoms with Crippen molar-refractivity contribution in [3.63, 3.8) is 0 Å². The van der Waals surface area contributed by atoms with Gasteiger partial charge in [-0.1, -0.05) is 0 Å². The summed E-state index contributed by atoms with van der Waals surface area (Å²) in [6.07, 6.45) is 5.49. The van der Waals surface area contributed by atoms with Crippen LogP contribution in [-0.2, 0) is 21.8 Å². The van der Waals surface area contributed by atoms with Crippen molar-refractivity contribution >= 4 is 21.1 Å². The Morgan fingerprint density at radius 3 is 2.34 bits per heavy atom. The molecule has 0 amide bonds. The Hall–Kier alpha value is -1.98. The number of ether oxygens (including phenoxy) is 3. The van der Waals surface area contributed by atoms with E-state index in [1.165, 1.54) is 4.57 Å². The fourth-order valence-electron chi connectivity index (χ4n) is 3.96. The van der Waals surface area contributed by atoms with Crippen LogP contribution in [0.25, 0.3) is 11.0 Å². The Labute approximate surface area is 186 Å². The predicted octanol–water partition coefficient (Wildman–Crippen LogP) is 3.04. The molecule has 0 spiro atoms. The molecule has 1 N–H and O–H groups in total. The summed E-state index contributed by atoms with van der Waals surface area (Å²) < 4.78 is 73.2. The number of benzene rings is 1. The summed E-state index contributed by atoms with van der Waals surface area (Å²) in [6, 6.07) is 0.906. The third-order valence-corrected chi connectivity index (χ3v) is 6.50. The second-order valence-electron chi connectivity index (χ2n) is 8.78. The zero-order chi connectivity index (χ0) is 23.0. The van der Waals surface area contributed by atoms with Gasteiger partial charge in [0.15, 0.2) is 17.4 Å². The molecule has 0 unspecified atom stereocenters. The molecular formula is C21H29F2N3O5S. The van der Waals surface area contributed by atoms with E-state index in [1.807, 2.05) is 0 Å². The van der Waals surface area contributed by atoms with Gasteiger partial charge in [-0.2, -0.15) is 4.98 Å². The van der Waals surface area contributed by atoms with Gasteiger partial charge in [-0.05, 0) is 45.4 Å². The molecule has 2 aliphatic carbocycles. The highest BCUT2D eigenvalue weighted by atomic mass is 32.2. The van der Waals surface area contributed by atoms with Crippen LogP contribution in [-0.4, -0.2) is 55.2 Å². The molecule has 1 atom stereocenters. The molecule has 1 aromatic carbocycles. The summed E-state index contributed by atoms with van der Waals surface area (Å²) in [5.74, 6) is -1.37. The van der Waals surface area contributed by atoms with Crippen LogP contribution in [0.15, 0.2) is 6.07 Å². The number of fused-ring (bicyclic) bond motifs is 1. The standard InChI is InChI=1S/C21H29F2N3O5S/c1-12(25-32(3,27)28)11-29-13-4-6-15(7-5-13)31-21-24-19-16(22)10-17(30-14-8-9-14)18(23)20(19)26(21)2/h10,12-15,25H,4-9,11H2,1-3H3/t12-,13?,15?/m0/s1. The molecule has 32 heavy (non-hydrogen) atoms. The predicted molar refractivity (Wildman–Crippen MR) is 114 cm³/mol. The summed E-state index contributed by atoms with van der Waals surface area (Å²) >= 11 is 0. The molecule has 2 aliphatic rings. The largest absolute Gasteiger partial charge is 0.487 e. The Morgan fingerprint density at radius 2 is 1.72 bits per heavy atom. The number of hydrogen-bond donors (Lipinski definition) is 1. The summed E-state index contributed by atoms with van der Waals surface area (Å²) in [5.41, 5.74) is -0.0486. The highest BCUT2D eigenvalue weighted by Gasteiger charge is 2.29. The minimum absolute atomic E-state index is 0.0103. The van der Waals surface area contributed by atoms with Crippen LogP contribution < -0.4 is 14.2 Å². The minimum Gasteiger partial charge on any atom is -0.487 e. The second kappa shape index (κ2) is 9.11. The van der Waals surface area contributed by atoms with Crippen molar-refractivity contribution in [2.75, 3.05) is 12.9 Å².